The van der Waals surface area contributed by atoms with Crippen LogP contribution in [0, 0.1) is 0 Å². The lowest BCUT2D eigenvalue weighted by Crippen LogP contribution is -2.47. The van der Waals surface area contributed by atoms with Gasteiger partial charge in [0.15, 0.2) is 11.5 Å². The maximum Gasteiger partial charge on any atom is 0.475 e. The van der Waals surface area contributed by atoms with Gasteiger partial charge in [-0.25, -0.2) is 0 Å². The zero-order valence-corrected chi connectivity index (χ0v) is 16.6. The van der Waals surface area contributed by atoms with E-state index in [1.165, 1.54) is 30.4 Å². The molecule has 1 aromatic rings. The van der Waals surface area contributed by atoms with Crippen molar-refractivity contribution in [2.75, 3.05) is 5.75 Å². The molecule has 0 spiro atoms. The fourth-order valence-electron chi connectivity index (χ4n) is 2.88. The maximum absolute atomic E-state index is 12.1. The Labute approximate surface area is 167 Å². The lowest BCUT2D eigenvalue weighted by Gasteiger charge is -2.21. The van der Waals surface area contributed by atoms with Crippen LogP contribution >= 0.6 is 21.6 Å². The largest absolute Gasteiger partial charge is 0.504 e. The van der Waals surface area contributed by atoms with Crippen LogP contribution in [-0.2, 0) is 4.79 Å². The number of phenolic OH excluding ortho intramolecular Hbond substituents is 2. The summed E-state index contributed by atoms with van der Waals surface area (Å²) < 4.78 is 0. The highest BCUT2D eigenvalue weighted by atomic mass is 33.1. The fraction of sp³-hybridized carbons (Fsp3) is 0.588. The van der Waals surface area contributed by atoms with E-state index in [0.29, 0.717) is 17.2 Å². The Bertz CT molecular complexity index is 615. The number of phenols is 2. The van der Waals surface area contributed by atoms with Crippen molar-refractivity contribution < 1.29 is 30.2 Å². The average Bonchev–Trinajstić information content (AvgIpc) is 3.13. The first-order valence-corrected chi connectivity index (χ1v) is 11.4. The molecule has 1 heterocycles. The smallest absolute Gasteiger partial charge is 0.475 e. The number of rotatable bonds is 10. The summed E-state index contributed by atoms with van der Waals surface area (Å²) in [6, 6.07) is 3.85. The Hall–Kier alpha value is -1.07. The van der Waals surface area contributed by atoms with Gasteiger partial charge in [0.05, 0.1) is 12.0 Å². The first kappa shape index (κ1) is 22.2. The molecule has 27 heavy (non-hydrogen) atoms. The summed E-state index contributed by atoms with van der Waals surface area (Å²) in [4.78, 5) is 12.1. The normalized spacial score (nSPS) is 18.9. The van der Waals surface area contributed by atoms with Crippen molar-refractivity contribution in [2.24, 2.45) is 0 Å². The topological polar surface area (TPSA) is 130 Å². The number of hydrogen-bond acceptors (Lipinski definition) is 8. The Balaban J connectivity index is 1.77. The lowest BCUT2D eigenvalue weighted by molar-refractivity contribution is -0.121. The molecule has 0 radical (unpaired) electrons. The lowest BCUT2D eigenvalue weighted by atomic mass is 9.75. The van der Waals surface area contributed by atoms with Crippen LogP contribution in [0.15, 0.2) is 18.2 Å². The van der Waals surface area contributed by atoms with Crippen LogP contribution in [0.2, 0.25) is 0 Å². The number of nitrogens with one attached hydrogen (secondary N) is 1. The molecule has 2 rings (SSSR count). The average molecular weight is 415 g/mol. The molecule has 1 amide bonds. The molecular formula is C17H26BNO6S2. The van der Waals surface area contributed by atoms with Crippen LogP contribution in [0.3, 0.4) is 0 Å². The van der Waals surface area contributed by atoms with Gasteiger partial charge in [-0.15, -0.1) is 0 Å². The van der Waals surface area contributed by atoms with Gasteiger partial charge in [-0.1, -0.05) is 34.1 Å². The fourth-order valence-corrected chi connectivity index (χ4v) is 5.91. The van der Waals surface area contributed by atoms with Gasteiger partial charge in [-0.2, -0.15) is 0 Å². The van der Waals surface area contributed by atoms with Gasteiger partial charge in [0, 0.05) is 17.4 Å². The number of hydrogen-bond donors (Lipinski definition) is 6. The summed E-state index contributed by atoms with van der Waals surface area (Å²) in [6.45, 7) is 0. The summed E-state index contributed by atoms with van der Waals surface area (Å²) in [5, 5.41) is 51.3. The quantitative estimate of drug-likeness (QED) is 0.148. The van der Waals surface area contributed by atoms with Gasteiger partial charge < -0.3 is 30.7 Å². The number of aliphatic hydroxyl groups is 1. The third-order valence-electron chi connectivity index (χ3n) is 4.47. The Morgan fingerprint density at radius 1 is 1.26 bits per heavy atom. The van der Waals surface area contributed by atoms with Crippen molar-refractivity contribution in [2.45, 2.75) is 55.8 Å². The molecule has 3 atom stereocenters. The van der Waals surface area contributed by atoms with Gasteiger partial charge in [-0.05, 0) is 43.4 Å². The van der Waals surface area contributed by atoms with Gasteiger partial charge in [0.2, 0.25) is 5.91 Å². The summed E-state index contributed by atoms with van der Waals surface area (Å²) in [5.41, 5.74) is 0.303. The van der Waals surface area contributed by atoms with Crippen LogP contribution in [0.25, 0.3) is 0 Å². The minimum Gasteiger partial charge on any atom is -0.504 e. The second-order valence-electron chi connectivity index (χ2n) is 6.66. The molecule has 2 unspecified atom stereocenters. The first-order valence-electron chi connectivity index (χ1n) is 9.00. The summed E-state index contributed by atoms with van der Waals surface area (Å²) in [7, 11) is 1.98. The van der Waals surface area contributed by atoms with Crippen molar-refractivity contribution in [1.82, 2.24) is 5.32 Å². The summed E-state index contributed by atoms with van der Waals surface area (Å²) in [5.74, 6) is -0.830. The number of carbonyl (C=O) groups is 1. The van der Waals surface area contributed by atoms with E-state index in [4.69, 9.17) is 0 Å². The molecule has 1 aromatic carbocycles. The number of aliphatic hydroxyl groups excluding tert-OH is 1. The van der Waals surface area contributed by atoms with E-state index in [-0.39, 0.29) is 23.8 Å². The predicted octanol–water partition coefficient (Wildman–Crippen LogP) is 1.73. The van der Waals surface area contributed by atoms with E-state index < -0.39 is 19.2 Å². The number of amides is 1. The molecule has 0 aromatic heterocycles. The van der Waals surface area contributed by atoms with Gasteiger partial charge in [0.1, 0.15) is 0 Å². The Morgan fingerprint density at radius 2 is 2.04 bits per heavy atom. The van der Waals surface area contributed by atoms with Crippen LogP contribution in [-0.4, -0.2) is 55.3 Å². The van der Waals surface area contributed by atoms with Crippen LogP contribution < -0.4 is 5.32 Å². The van der Waals surface area contributed by atoms with Crippen LogP contribution in [0.5, 0.6) is 11.5 Å². The van der Waals surface area contributed by atoms with Crippen molar-refractivity contribution >= 4 is 34.6 Å². The standard InChI is InChI=1S/C17H26BNO6S2/c20-13-6-5-11(9-15(13)22)14(21)10-16(18(24)25)19-17(23)4-2-1-3-12-7-8-26-27-12/h5-6,9,12,14,16,20-22,24-25H,1-4,7-8,10H2,(H,19,23)/t12-,14?,16?/m1/s1. The van der Waals surface area contributed by atoms with Gasteiger partial charge in [-0.3, -0.25) is 4.79 Å². The molecule has 10 heteroatoms. The molecule has 1 saturated heterocycles. The first-order chi connectivity index (χ1) is 12.9. The minimum atomic E-state index is -1.82. The van der Waals surface area contributed by atoms with Crippen molar-refractivity contribution in [1.29, 1.82) is 0 Å². The highest BCUT2D eigenvalue weighted by Crippen LogP contribution is 2.39. The van der Waals surface area contributed by atoms with Crippen molar-refractivity contribution in [3.05, 3.63) is 23.8 Å². The molecule has 1 fully saturated rings. The molecule has 0 saturated carbocycles. The van der Waals surface area contributed by atoms with Crippen molar-refractivity contribution in [3.8, 4) is 11.5 Å². The Kier molecular flexibility index (Phi) is 9.11. The number of aromatic hydroxyl groups is 2. The predicted molar refractivity (Wildman–Crippen MR) is 108 cm³/mol. The van der Waals surface area contributed by atoms with E-state index in [1.807, 2.05) is 21.6 Å². The number of unbranched alkanes of at least 4 members (excludes halogenated alkanes) is 1. The van der Waals surface area contributed by atoms with E-state index in [9.17, 15) is 30.2 Å². The zero-order chi connectivity index (χ0) is 19.8. The zero-order valence-electron chi connectivity index (χ0n) is 15.0. The second kappa shape index (κ2) is 11.1. The summed E-state index contributed by atoms with van der Waals surface area (Å²) >= 11 is 0. The van der Waals surface area contributed by atoms with Crippen LogP contribution in [0.1, 0.15) is 50.2 Å². The van der Waals surface area contributed by atoms with E-state index >= 15 is 0 Å². The highest BCUT2D eigenvalue weighted by Gasteiger charge is 2.28. The Morgan fingerprint density at radius 3 is 2.67 bits per heavy atom. The number of benzene rings is 1. The monoisotopic (exact) mass is 415 g/mol. The molecule has 150 valence electrons. The van der Waals surface area contributed by atoms with Crippen LogP contribution in [0.4, 0.5) is 0 Å². The minimum absolute atomic E-state index is 0.135. The molecule has 7 nitrogen and oxygen atoms in total. The molecule has 6 N–H and O–H groups in total. The number of carbonyl (C=O) groups excluding carboxylic acids is 1. The molecular weight excluding hydrogens is 389 g/mol. The molecule has 1 aliphatic rings. The van der Waals surface area contributed by atoms with E-state index in [2.05, 4.69) is 5.32 Å². The maximum atomic E-state index is 12.1. The van der Waals surface area contributed by atoms with Gasteiger partial charge in [0.25, 0.3) is 0 Å². The molecule has 0 aliphatic carbocycles. The second-order valence-corrected chi connectivity index (χ2v) is 9.45. The van der Waals surface area contributed by atoms with E-state index in [0.717, 1.165) is 19.3 Å². The summed E-state index contributed by atoms with van der Waals surface area (Å²) in [6.07, 6.45) is 3.00. The molecule has 1 aliphatic heterocycles. The molecule has 0 bridgehead atoms. The highest BCUT2D eigenvalue weighted by molar-refractivity contribution is 8.77. The van der Waals surface area contributed by atoms with Crippen molar-refractivity contribution in [3.63, 3.8) is 0 Å². The third-order valence-corrected chi connectivity index (χ3v) is 7.48. The third kappa shape index (κ3) is 7.46. The van der Waals surface area contributed by atoms with Gasteiger partial charge >= 0.3 is 7.12 Å². The SMILES string of the molecule is O=C(CCCC[C@@H]1CCSS1)NC(CC(O)c1ccc(O)c(O)c1)B(O)O. The van der Waals surface area contributed by atoms with E-state index in [1.54, 1.807) is 0 Å².